The summed E-state index contributed by atoms with van der Waals surface area (Å²) in [5.74, 6) is -1.12. The highest BCUT2D eigenvalue weighted by Gasteiger charge is 2.11. The number of amides is 2. The first-order valence-electron chi connectivity index (χ1n) is 7.78. The van der Waals surface area contributed by atoms with Gasteiger partial charge in [-0.25, -0.2) is 4.79 Å². The third kappa shape index (κ3) is 5.60. The number of ether oxygens (including phenoxy) is 2. The number of hydrogen-bond donors (Lipinski definition) is 3. The van der Waals surface area contributed by atoms with Crippen LogP contribution in [0.3, 0.4) is 0 Å². The third-order valence-electron chi connectivity index (χ3n) is 3.45. The lowest BCUT2D eigenvalue weighted by molar-refractivity contribution is -0.131. The average Bonchev–Trinajstić information content (AvgIpc) is 2.66. The highest BCUT2D eigenvalue weighted by molar-refractivity contribution is 6.06. The summed E-state index contributed by atoms with van der Waals surface area (Å²) < 4.78 is 10.4. The molecule has 0 saturated heterocycles. The van der Waals surface area contributed by atoms with Gasteiger partial charge in [-0.1, -0.05) is 0 Å². The zero-order valence-electron chi connectivity index (χ0n) is 14.7. The van der Waals surface area contributed by atoms with E-state index in [1.54, 1.807) is 18.2 Å². The van der Waals surface area contributed by atoms with E-state index in [1.807, 2.05) is 0 Å². The van der Waals surface area contributed by atoms with Gasteiger partial charge in [-0.15, -0.1) is 0 Å². The van der Waals surface area contributed by atoms with Crippen molar-refractivity contribution in [3.8, 4) is 11.5 Å². The summed E-state index contributed by atoms with van der Waals surface area (Å²) in [4.78, 5) is 34.3. The molecule has 8 nitrogen and oxygen atoms in total. The molecule has 0 unspecified atom stereocenters. The Morgan fingerprint density at radius 3 is 2.22 bits per heavy atom. The zero-order valence-corrected chi connectivity index (χ0v) is 14.7. The Bertz CT molecular complexity index is 874. The average molecular weight is 370 g/mol. The lowest BCUT2D eigenvalue weighted by Crippen LogP contribution is -2.13. The van der Waals surface area contributed by atoms with Crippen molar-refractivity contribution in [2.75, 3.05) is 24.9 Å². The van der Waals surface area contributed by atoms with Crippen LogP contribution in [-0.2, 0) is 9.59 Å². The molecule has 0 heterocycles. The minimum absolute atomic E-state index is 0.360. The SMILES string of the molecule is COc1ccc(OC)c(NC(=O)c2ccc(NC(=O)/C=C\C(=O)O)cc2)c1. The minimum atomic E-state index is -1.22. The van der Waals surface area contributed by atoms with Crippen LogP contribution < -0.4 is 20.1 Å². The van der Waals surface area contributed by atoms with Crippen LogP contribution in [0.1, 0.15) is 10.4 Å². The van der Waals surface area contributed by atoms with Crippen LogP contribution in [0.25, 0.3) is 0 Å². The topological polar surface area (TPSA) is 114 Å². The first-order valence-corrected chi connectivity index (χ1v) is 7.78. The van der Waals surface area contributed by atoms with Gasteiger partial charge >= 0.3 is 5.97 Å². The van der Waals surface area contributed by atoms with Crippen LogP contribution in [0.4, 0.5) is 11.4 Å². The van der Waals surface area contributed by atoms with E-state index in [9.17, 15) is 14.4 Å². The predicted octanol–water partition coefficient (Wildman–Crippen LogP) is 2.54. The second-order valence-electron chi connectivity index (χ2n) is 5.26. The van der Waals surface area contributed by atoms with Crippen molar-refractivity contribution in [2.24, 2.45) is 0 Å². The van der Waals surface area contributed by atoms with Gasteiger partial charge in [-0.2, -0.15) is 0 Å². The molecular formula is C19H18N2O6. The van der Waals surface area contributed by atoms with Gasteiger partial charge in [-0.05, 0) is 36.4 Å². The molecule has 140 valence electrons. The number of aliphatic carboxylic acids is 1. The van der Waals surface area contributed by atoms with Gasteiger partial charge in [0.1, 0.15) is 11.5 Å². The molecule has 27 heavy (non-hydrogen) atoms. The summed E-state index contributed by atoms with van der Waals surface area (Å²) in [6.07, 6.45) is 1.64. The van der Waals surface area contributed by atoms with E-state index in [0.717, 1.165) is 12.2 Å². The normalized spacial score (nSPS) is 10.3. The van der Waals surface area contributed by atoms with E-state index in [1.165, 1.54) is 38.5 Å². The number of carbonyl (C=O) groups excluding carboxylic acids is 2. The van der Waals surface area contributed by atoms with Crippen molar-refractivity contribution in [1.82, 2.24) is 0 Å². The van der Waals surface area contributed by atoms with Crippen LogP contribution in [-0.4, -0.2) is 37.1 Å². The fraction of sp³-hybridized carbons (Fsp3) is 0.105. The van der Waals surface area contributed by atoms with Crippen LogP contribution in [0.2, 0.25) is 0 Å². The molecule has 0 aromatic heterocycles. The molecule has 8 heteroatoms. The van der Waals surface area contributed by atoms with Crippen molar-refractivity contribution < 1.29 is 29.0 Å². The Labute approximate surface area is 155 Å². The first-order chi connectivity index (χ1) is 12.9. The lowest BCUT2D eigenvalue weighted by Gasteiger charge is -2.12. The van der Waals surface area contributed by atoms with E-state index in [-0.39, 0.29) is 5.91 Å². The smallest absolute Gasteiger partial charge is 0.328 e. The monoisotopic (exact) mass is 370 g/mol. The van der Waals surface area contributed by atoms with Crippen LogP contribution >= 0.6 is 0 Å². The van der Waals surface area contributed by atoms with Gasteiger partial charge in [0.2, 0.25) is 5.91 Å². The van der Waals surface area contributed by atoms with Gasteiger partial charge in [0.15, 0.2) is 0 Å². The molecule has 0 aliphatic heterocycles. The standard InChI is InChI=1S/C19H18N2O6/c1-26-14-7-8-16(27-2)15(11-14)21-19(25)12-3-5-13(6-4-12)20-17(22)9-10-18(23)24/h3-11H,1-2H3,(H,20,22)(H,21,25)(H,23,24)/b10-9-. The number of benzene rings is 2. The molecule has 0 fully saturated rings. The first kappa shape index (κ1) is 19.5. The molecule has 2 aromatic carbocycles. The molecule has 0 aliphatic rings. The maximum Gasteiger partial charge on any atom is 0.328 e. The largest absolute Gasteiger partial charge is 0.497 e. The molecule has 2 aromatic rings. The van der Waals surface area contributed by atoms with Gasteiger partial charge in [0.05, 0.1) is 19.9 Å². The minimum Gasteiger partial charge on any atom is -0.497 e. The molecule has 0 spiro atoms. The van der Waals surface area contributed by atoms with Crippen LogP contribution in [0, 0.1) is 0 Å². The molecule has 3 N–H and O–H groups in total. The lowest BCUT2D eigenvalue weighted by atomic mass is 10.2. The van der Waals surface area contributed by atoms with Crippen molar-refractivity contribution in [3.05, 3.63) is 60.2 Å². The van der Waals surface area contributed by atoms with E-state index < -0.39 is 11.9 Å². The number of carbonyl (C=O) groups is 3. The Kier molecular flexibility index (Phi) is 6.54. The Morgan fingerprint density at radius 2 is 1.63 bits per heavy atom. The van der Waals surface area contributed by atoms with Crippen molar-refractivity contribution in [1.29, 1.82) is 0 Å². The summed E-state index contributed by atoms with van der Waals surface area (Å²) in [6, 6.07) is 11.1. The Morgan fingerprint density at radius 1 is 0.926 bits per heavy atom. The van der Waals surface area contributed by atoms with Gasteiger partial charge in [0.25, 0.3) is 5.91 Å². The van der Waals surface area contributed by atoms with E-state index in [4.69, 9.17) is 14.6 Å². The molecule has 0 aliphatic carbocycles. The van der Waals surface area contributed by atoms with E-state index in [2.05, 4.69) is 10.6 Å². The highest BCUT2D eigenvalue weighted by Crippen LogP contribution is 2.29. The maximum atomic E-state index is 12.4. The fourth-order valence-corrected chi connectivity index (χ4v) is 2.14. The number of carboxylic acids is 1. The summed E-state index contributed by atoms with van der Waals surface area (Å²) in [5.41, 5.74) is 1.24. The number of carboxylic acid groups (broad SMARTS) is 1. The van der Waals surface area contributed by atoms with Crippen LogP contribution in [0.5, 0.6) is 11.5 Å². The Balaban J connectivity index is 2.08. The highest BCUT2D eigenvalue weighted by atomic mass is 16.5. The summed E-state index contributed by atoms with van der Waals surface area (Å²) in [7, 11) is 3.01. The number of anilines is 2. The second-order valence-corrected chi connectivity index (χ2v) is 5.26. The second kappa shape index (κ2) is 9.04. The quantitative estimate of drug-likeness (QED) is 0.646. The zero-order chi connectivity index (χ0) is 19.8. The molecule has 0 bridgehead atoms. The van der Waals surface area contributed by atoms with Crippen molar-refractivity contribution in [2.45, 2.75) is 0 Å². The number of hydrogen-bond acceptors (Lipinski definition) is 5. The fourth-order valence-electron chi connectivity index (χ4n) is 2.14. The number of nitrogens with one attached hydrogen (secondary N) is 2. The number of methoxy groups -OCH3 is 2. The molecule has 2 amide bonds. The molecule has 0 radical (unpaired) electrons. The van der Waals surface area contributed by atoms with E-state index >= 15 is 0 Å². The van der Waals surface area contributed by atoms with Gasteiger partial charge < -0.3 is 25.2 Å². The van der Waals surface area contributed by atoms with Crippen molar-refractivity contribution >= 4 is 29.2 Å². The maximum absolute atomic E-state index is 12.4. The summed E-state index contributed by atoms with van der Waals surface area (Å²) in [6.45, 7) is 0. The summed E-state index contributed by atoms with van der Waals surface area (Å²) in [5, 5.41) is 13.7. The third-order valence-corrected chi connectivity index (χ3v) is 3.45. The van der Waals surface area contributed by atoms with Gasteiger partial charge in [0, 0.05) is 29.5 Å². The molecule has 0 saturated carbocycles. The Hall–Kier alpha value is -3.81. The van der Waals surface area contributed by atoms with Crippen LogP contribution in [0.15, 0.2) is 54.6 Å². The summed E-state index contributed by atoms with van der Waals surface area (Å²) >= 11 is 0. The molecule has 2 rings (SSSR count). The van der Waals surface area contributed by atoms with Crippen molar-refractivity contribution in [3.63, 3.8) is 0 Å². The molecule has 0 atom stereocenters. The van der Waals surface area contributed by atoms with E-state index in [0.29, 0.717) is 28.4 Å². The molecular weight excluding hydrogens is 352 g/mol. The predicted molar refractivity (Wildman–Crippen MR) is 99.3 cm³/mol. The number of rotatable bonds is 7. The van der Waals surface area contributed by atoms with Gasteiger partial charge in [-0.3, -0.25) is 9.59 Å².